The normalized spacial score (nSPS) is 11.0. The van der Waals surface area contributed by atoms with E-state index in [9.17, 15) is 4.79 Å². The predicted molar refractivity (Wildman–Crippen MR) is 69.5 cm³/mol. The fraction of sp³-hybridized carbons (Fsp3) is 0.154. The van der Waals surface area contributed by atoms with Gasteiger partial charge in [0.2, 0.25) is 5.91 Å². The average molecular weight is 240 g/mol. The smallest absolute Gasteiger partial charge is 0.221 e. The molecule has 0 fully saturated rings. The van der Waals surface area contributed by atoms with Gasteiger partial charge < -0.3 is 5.32 Å². The van der Waals surface area contributed by atoms with Crippen molar-refractivity contribution in [3.63, 3.8) is 0 Å². The molecule has 1 amide bonds. The Morgan fingerprint density at radius 3 is 2.89 bits per heavy atom. The first-order chi connectivity index (χ1) is 8.66. The van der Waals surface area contributed by atoms with E-state index in [0.717, 1.165) is 22.2 Å². The summed E-state index contributed by atoms with van der Waals surface area (Å²) in [6.45, 7) is 3.38. The fourth-order valence-electron chi connectivity index (χ4n) is 2.13. The molecule has 0 bridgehead atoms. The van der Waals surface area contributed by atoms with Crippen LogP contribution in [-0.2, 0) is 4.79 Å². The van der Waals surface area contributed by atoms with Crippen LogP contribution in [0.15, 0.2) is 30.5 Å². The van der Waals surface area contributed by atoms with Gasteiger partial charge in [0.25, 0.3) is 0 Å². The monoisotopic (exact) mass is 240 g/mol. The molecule has 18 heavy (non-hydrogen) atoms. The third-order valence-corrected chi connectivity index (χ3v) is 2.83. The molecule has 0 saturated carbocycles. The van der Waals surface area contributed by atoms with Gasteiger partial charge in [-0.2, -0.15) is 5.10 Å². The second-order valence-electron chi connectivity index (χ2n) is 4.18. The molecule has 2 aromatic heterocycles. The first kappa shape index (κ1) is 10.7. The van der Waals surface area contributed by atoms with E-state index in [-0.39, 0.29) is 5.91 Å². The molecule has 3 aromatic rings. The molecule has 1 aromatic carbocycles. The molecule has 0 aliphatic rings. The standard InChI is InChI=1S/C13H12N4O/c1-8-15-11-6-4-3-5-10(11)13-12(16-9(2)18)7-14-17(8)13/h3-7H,1-2H3,(H,16,18). The number of rotatable bonds is 1. The molecule has 0 unspecified atom stereocenters. The highest BCUT2D eigenvalue weighted by atomic mass is 16.1. The summed E-state index contributed by atoms with van der Waals surface area (Å²) in [5.41, 5.74) is 2.49. The van der Waals surface area contributed by atoms with Crippen molar-refractivity contribution in [2.75, 3.05) is 5.32 Å². The van der Waals surface area contributed by atoms with Crippen LogP contribution in [0.5, 0.6) is 0 Å². The van der Waals surface area contributed by atoms with Gasteiger partial charge in [-0.25, -0.2) is 9.50 Å². The Morgan fingerprint density at radius 1 is 1.33 bits per heavy atom. The molecule has 0 atom stereocenters. The molecule has 5 nitrogen and oxygen atoms in total. The Labute approximate surface area is 103 Å². The van der Waals surface area contributed by atoms with Gasteiger partial charge in [0, 0.05) is 12.3 Å². The number of anilines is 1. The van der Waals surface area contributed by atoms with Crippen molar-refractivity contribution < 1.29 is 4.79 Å². The van der Waals surface area contributed by atoms with Gasteiger partial charge in [0.1, 0.15) is 11.3 Å². The minimum atomic E-state index is -0.108. The van der Waals surface area contributed by atoms with Gasteiger partial charge in [-0.1, -0.05) is 18.2 Å². The van der Waals surface area contributed by atoms with E-state index < -0.39 is 0 Å². The molecule has 90 valence electrons. The Morgan fingerprint density at radius 2 is 2.11 bits per heavy atom. The lowest BCUT2D eigenvalue weighted by Gasteiger charge is -2.05. The maximum atomic E-state index is 11.2. The summed E-state index contributed by atoms with van der Waals surface area (Å²) in [5, 5.41) is 8.03. The number of carbonyl (C=O) groups is 1. The molecule has 0 spiro atoms. The molecule has 3 rings (SSSR count). The summed E-state index contributed by atoms with van der Waals surface area (Å²) >= 11 is 0. The third-order valence-electron chi connectivity index (χ3n) is 2.83. The highest BCUT2D eigenvalue weighted by Gasteiger charge is 2.11. The number of amides is 1. The zero-order valence-corrected chi connectivity index (χ0v) is 10.1. The Balaban J connectivity index is 2.43. The topological polar surface area (TPSA) is 59.3 Å². The molecule has 0 radical (unpaired) electrons. The molecule has 2 heterocycles. The van der Waals surface area contributed by atoms with Crippen molar-refractivity contribution in [2.45, 2.75) is 13.8 Å². The van der Waals surface area contributed by atoms with Crippen LogP contribution in [0.3, 0.4) is 0 Å². The van der Waals surface area contributed by atoms with Gasteiger partial charge in [0.15, 0.2) is 0 Å². The SMILES string of the molecule is CC(=O)Nc1cnn2c(C)nc3ccccc3c12. The summed E-state index contributed by atoms with van der Waals surface area (Å²) in [4.78, 5) is 15.7. The highest BCUT2D eigenvalue weighted by molar-refractivity contribution is 6.04. The van der Waals surface area contributed by atoms with Crippen LogP contribution in [0, 0.1) is 6.92 Å². The number of fused-ring (bicyclic) bond motifs is 3. The lowest BCUT2D eigenvalue weighted by atomic mass is 10.2. The number of nitrogens with zero attached hydrogens (tertiary/aromatic N) is 3. The molecule has 5 heteroatoms. The fourth-order valence-corrected chi connectivity index (χ4v) is 2.13. The Bertz CT molecular complexity index is 760. The summed E-state index contributed by atoms with van der Waals surface area (Å²) in [6.07, 6.45) is 1.65. The van der Waals surface area contributed by atoms with Crippen molar-refractivity contribution in [1.29, 1.82) is 0 Å². The van der Waals surface area contributed by atoms with Crippen LogP contribution in [0.4, 0.5) is 5.69 Å². The number of benzene rings is 1. The number of para-hydroxylation sites is 1. The van der Waals surface area contributed by atoms with Crippen LogP contribution in [0.2, 0.25) is 0 Å². The summed E-state index contributed by atoms with van der Waals surface area (Å²) in [7, 11) is 0. The summed E-state index contributed by atoms with van der Waals surface area (Å²) in [5.74, 6) is 0.684. The second-order valence-corrected chi connectivity index (χ2v) is 4.18. The van der Waals surface area contributed by atoms with Gasteiger partial charge in [-0.3, -0.25) is 4.79 Å². The molecular formula is C13H12N4O. The quantitative estimate of drug-likeness (QED) is 0.709. The van der Waals surface area contributed by atoms with Crippen LogP contribution in [-0.4, -0.2) is 20.5 Å². The van der Waals surface area contributed by atoms with Crippen molar-refractivity contribution in [2.24, 2.45) is 0 Å². The van der Waals surface area contributed by atoms with E-state index in [0.29, 0.717) is 5.69 Å². The summed E-state index contributed by atoms with van der Waals surface area (Å²) in [6, 6.07) is 7.82. The minimum Gasteiger partial charge on any atom is -0.323 e. The van der Waals surface area contributed by atoms with Crippen LogP contribution in [0.1, 0.15) is 12.7 Å². The lowest BCUT2D eigenvalue weighted by Crippen LogP contribution is -2.06. The number of nitrogens with one attached hydrogen (secondary N) is 1. The average Bonchev–Trinajstić information content (AvgIpc) is 2.73. The van der Waals surface area contributed by atoms with Crippen LogP contribution < -0.4 is 5.32 Å². The van der Waals surface area contributed by atoms with E-state index in [1.165, 1.54) is 6.92 Å². The largest absolute Gasteiger partial charge is 0.323 e. The zero-order valence-electron chi connectivity index (χ0n) is 10.1. The lowest BCUT2D eigenvalue weighted by molar-refractivity contribution is -0.114. The van der Waals surface area contributed by atoms with Gasteiger partial charge in [-0.15, -0.1) is 0 Å². The number of aryl methyl sites for hydroxylation is 1. The number of carbonyl (C=O) groups excluding carboxylic acids is 1. The number of hydrogen-bond acceptors (Lipinski definition) is 3. The van der Waals surface area contributed by atoms with Crippen molar-refractivity contribution in [3.05, 3.63) is 36.3 Å². The first-order valence-corrected chi connectivity index (χ1v) is 5.67. The van der Waals surface area contributed by atoms with Gasteiger partial charge in [0.05, 0.1) is 17.4 Å². The van der Waals surface area contributed by atoms with Gasteiger partial charge >= 0.3 is 0 Å². The molecule has 0 aliphatic heterocycles. The van der Waals surface area contributed by atoms with Crippen molar-refractivity contribution in [3.8, 4) is 0 Å². The van der Waals surface area contributed by atoms with E-state index >= 15 is 0 Å². The van der Waals surface area contributed by atoms with E-state index in [2.05, 4.69) is 15.4 Å². The van der Waals surface area contributed by atoms with E-state index in [1.54, 1.807) is 10.7 Å². The zero-order chi connectivity index (χ0) is 12.7. The first-order valence-electron chi connectivity index (χ1n) is 5.67. The minimum absolute atomic E-state index is 0.108. The highest BCUT2D eigenvalue weighted by Crippen LogP contribution is 2.25. The molecule has 1 N–H and O–H groups in total. The van der Waals surface area contributed by atoms with Crippen LogP contribution >= 0.6 is 0 Å². The molecular weight excluding hydrogens is 228 g/mol. The summed E-state index contributed by atoms with van der Waals surface area (Å²) < 4.78 is 1.74. The molecule has 0 aliphatic carbocycles. The second kappa shape index (κ2) is 3.80. The predicted octanol–water partition coefficient (Wildman–Crippen LogP) is 2.15. The Kier molecular flexibility index (Phi) is 2.26. The van der Waals surface area contributed by atoms with Crippen molar-refractivity contribution in [1.82, 2.24) is 14.6 Å². The molecule has 0 saturated heterocycles. The number of hydrogen-bond donors (Lipinski definition) is 1. The Hall–Kier alpha value is -2.43. The maximum Gasteiger partial charge on any atom is 0.221 e. The third kappa shape index (κ3) is 1.52. The van der Waals surface area contributed by atoms with E-state index in [1.807, 2.05) is 31.2 Å². The van der Waals surface area contributed by atoms with Crippen LogP contribution in [0.25, 0.3) is 16.4 Å². The van der Waals surface area contributed by atoms with E-state index in [4.69, 9.17) is 0 Å². The number of aromatic nitrogens is 3. The van der Waals surface area contributed by atoms with Crippen molar-refractivity contribution >= 4 is 28.0 Å². The van der Waals surface area contributed by atoms with Gasteiger partial charge in [-0.05, 0) is 13.0 Å². The maximum absolute atomic E-state index is 11.2.